The molecule has 2 N–H and O–H groups in total. The molecule has 32 heavy (non-hydrogen) atoms. The standard InChI is InChI=1S/C22H23BrN2O6S/c1-22(2,28)19(26)13-31-20-18(14-7-9-17(10-8-14)32(3,29)30)12-24-25(21(20)27)16-6-4-5-15(23)11-16/h4-12,19,26,28H,13H2,1-3H3. The van der Waals surface area contributed by atoms with Crippen molar-refractivity contribution in [3.8, 4) is 22.6 Å². The Morgan fingerprint density at radius 2 is 1.84 bits per heavy atom. The maximum atomic E-state index is 13.3. The molecule has 1 unspecified atom stereocenters. The smallest absolute Gasteiger partial charge is 0.314 e. The third kappa shape index (κ3) is 5.44. The molecule has 0 aliphatic rings. The third-order valence-electron chi connectivity index (χ3n) is 4.78. The van der Waals surface area contributed by atoms with Gasteiger partial charge in [-0.3, -0.25) is 4.79 Å². The van der Waals surface area contributed by atoms with E-state index >= 15 is 0 Å². The molecule has 3 rings (SSSR count). The number of aliphatic hydroxyl groups excluding tert-OH is 1. The Morgan fingerprint density at radius 3 is 2.41 bits per heavy atom. The van der Waals surface area contributed by atoms with Crippen LogP contribution in [0.4, 0.5) is 0 Å². The predicted molar refractivity (Wildman–Crippen MR) is 124 cm³/mol. The van der Waals surface area contributed by atoms with E-state index in [4.69, 9.17) is 4.74 Å². The highest BCUT2D eigenvalue weighted by molar-refractivity contribution is 9.10. The van der Waals surface area contributed by atoms with Gasteiger partial charge in [-0.25, -0.2) is 8.42 Å². The topological polar surface area (TPSA) is 119 Å². The molecule has 0 radical (unpaired) electrons. The number of sulfone groups is 1. The van der Waals surface area contributed by atoms with Crippen LogP contribution in [0.15, 0.2) is 68.9 Å². The Morgan fingerprint density at radius 1 is 1.19 bits per heavy atom. The quantitative estimate of drug-likeness (QED) is 0.489. The number of ether oxygens (including phenoxy) is 1. The lowest BCUT2D eigenvalue weighted by Crippen LogP contribution is -2.40. The molecule has 1 heterocycles. The summed E-state index contributed by atoms with van der Waals surface area (Å²) in [5.74, 6) is -0.0876. The van der Waals surface area contributed by atoms with Crippen molar-refractivity contribution in [2.75, 3.05) is 12.9 Å². The van der Waals surface area contributed by atoms with Gasteiger partial charge in [0.15, 0.2) is 15.6 Å². The van der Waals surface area contributed by atoms with E-state index in [0.717, 1.165) is 15.4 Å². The number of hydrogen-bond donors (Lipinski definition) is 2. The maximum absolute atomic E-state index is 13.3. The van der Waals surface area contributed by atoms with Gasteiger partial charge in [0.1, 0.15) is 12.7 Å². The lowest BCUT2D eigenvalue weighted by molar-refractivity contribution is -0.0663. The van der Waals surface area contributed by atoms with Crippen LogP contribution >= 0.6 is 15.9 Å². The minimum Gasteiger partial charge on any atom is -0.484 e. The molecular weight excluding hydrogens is 500 g/mol. The predicted octanol–water partition coefficient (Wildman–Crippen LogP) is 2.58. The molecule has 0 spiro atoms. The molecule has 0 fully saturated rings. The van der Waals surface area contributed by atoms with Crippen molar-refractivity contribution in [3.63, 3.8) is 0 Å². The van der Waals surface area contributed by atoms with Crippen LogP contribution in [0.25, 0.3) is 16.8 Å². The molecule has 1 atom stereocenters. The van der Waals surface area contributed by atoms with E-state index < -0.39 is 27.1 Å². The van der Waals surface area contributed by atoms with Gasteiger partial charge in [0.25, 0.3) is 0 Å². The first kappa shape index (κ1) is 24.1. The molecule has 3 aromatic rings. The van der Waals surface area contributed by atoms with Crippen LogP contribution in [-0.4, -0.2) is 53.0 Å². The third-order valence-corrected chi connectivity index (χ3v) is 6.40. The summed E-state index contributed by atoms with van der Waals surface area (Å²) in [6.07, 6.45) is 1.29. The zero-order valence-electron chi connectivity index (χ0n) is 17.7. The molecule has 0 saturated carbocycles. The summed E-state index contributed by atoms with van der Waals surface area (Å²) < 4.78 is 31.1. The highest BCUT2D eigenvalue weighted by Gasteiger charge is 2.26. The second kappa shape index (κ2) is 9.14. The first-order valence-electron chi connectivity index (χ1n) is 9.60. The molecule has 0 bridgehead atoms. The summed E-state index contributed by atoms with van der Waals surface area (Å²) in [7, 11) is -3.38. The van der Waals surface area contributed by atoms with Crippen molar-refractivity contribution in [2.45, 2.75) is 30.4 Å². The molecule has 2 aromatic carbocycles. The average Bonchev–Trinajstić information content (AvgIpc) is 2.71. The fraction of sp³-hybridized carbons (Fsp3) is 0.273. The van der Waals surface area contributed by atoms with Crippen LogP contribution in [0.1, 0.15) is 13.8 Å². The fourth-order valence-corrected chi connectivity index (χ4v) is 3.84. The lowest BCUT2D eigenvalue weighted by Gasteiger charge is -2.24. The molecule has 1 aromatic heterocycles. The molecule has 0 aliphatic heterocycles. The minimum absolute atomic E-state index is 0.0876. The Kier molecular flexibility index (Phi) is 6.89. The van der Waals surface area contributed by atoms with Gasteiger partial charge in [-0.2, -0.15) is 9.78 Å². The number of halogens is 1. The van der Waals surface area contributed by atoms with Crippen LogP contribution in [0.5, 0.6) is 5.75 Å². The van der Waals surface area contributed by atoms with E-state index in [9.17, 15) is 23.4 Å². The summed E-state index contributed by atoms with van der Waals surface area (Å²) in [6, 6.07) is 12.9. The van der Waals surface area contributed by atoms with E-state index in [1.165, 1.54) is 32.2 Å². The van der Waals surface area contributed by atoms with Gasteiger partial charge in [0, 0.05) is 16.3 Å². The van der Waals surface area contributed by atoms with E-state index in [0.29, 0.717) is 16.8 Å². The zero-order valence-corrected chi connectivity index (χ0v) is 20.1. The minimum atomic E-state index is -3.38. The number of rotatable bonds is 7. The largest absolute Gasteiger partial charge is 0.484 e. The Labute approximate surface area is 194 Å². The number of hydrogen-bond acceptors (Lipinski definition) is 7. The summed E-state index contributed by atoms with van der Waals surface area (Å²) in [4.78, 5) is 13.4. The number of benzene rings is 2. The summed E-state index contributed by atoms with van der Waals surface area (Å²) >= 11 is 3.36. The van der Waals surface area contributed by atoms with Crippen LogP contribution in [0.2, 0.25) is 0 Å². The Balaban J connectivity index is 2.12. The molecule has 0 saturated heterocycles. The highest BCUT2D eigenvalue weighted by Crippen LogP contribution is 2.28. The van der Waals surface area contributed by atoms with Gasteiger partial charge < -0.3 is 14.9 Å². The normalized spacial score (nSPS) is 13.1. The van der Waals surface area contributed by atoms with Crippen molar-refractivity contribution in [1.29, 1.82) is 0 Å². The fourth-order valence-electron chi connectivity index (χ4n) is 2.82. The highest BCUT2D eigenvalue weighted by atomic mass is 79.9. The second-order valence-corrected chi connectivity index (χ2v) is 10.8. The maximum Gasteiger partial charge on any atom is 0.314 e. The molecule has 170 valence electrons. The summed E-state index contributed by atoms with van der Waals surface area (Å²) in [5, 5.41) is 24.4. The Hall–Kier alpha value is -2.53. The van der Waals surface area contributed by atoms with E-state index in [-0.39, 0.29) is 17.3 Å². The average molecular weight is 523 g/mol. The number of nitrogens with zero attached hydrogens (tertiary/aromatic N) is 2. The van der Waals surface area contributed by atoms with Crippen LogP contribution < -0.4 is 10.3 Å². The van der Waals surface area contributed by atoms with Gasteiger partial charge >= 0.3 is 5.56 Å². The molecule has 10 heteroatoms. The van der Waals surface area contributed by atoms with Crippen LogP contribution in [0.3, 0.4) is 0 Å². The van der Waals surface area contributed by atoms with Crippen molar-refractivity contribution in [3.05, 3.63) is 69.6 Å². The molecule has 0 amide bonds. The number of aliphatic hydroxyl groups is 2. The van der Waals surface area contributed by atoms with Crippen molar-refractivity contribution < 1.29 is 23.4 Å². The zero-order chi connectivity index (χ0) is 23.7. The van der Waals surface area contributed by atoms with Crippen LogP contribution in [0, 0.1) is 0 Å². The van der Waals surface area contributed by atoms with Crippen LogP contribution in [-0.2, 0) is 9.84 Å². The van der Waals surface area contributed by atoms with Gasteiger partial charge in [-0.05, 0) is 49.7 Å². The van der Waals surface area contributed by atoms with Crippen molar-refractivity contribution in [2.24, 2.45) is 0 Å². The molecular formula is C22H23BrN2O6S. The van der Waals surface area contributed by atoms with Gasteiger partial charge in [-0.15, -0.1) is 0 Å². The first-order chi connectivity index (χ1) is 14.9. The van der Waals surface area contributed by atoms with Gasteiger partial charge in [0.05, 0.1) is 22.4 Å². The monoisotopic (exact) mass is 522 g/mol. The number of aromatic nitrogens is 2. The summed E-state index contributed by atoms with van der Waals surface area (Å²) in [5.41, 5.74) is -0.680. The first-order valence-corrected chi connectivity index (χ1v) is 12.3. The molecule has 0 aliphatic carbocycles. The van der Waals surface area contributed by atoms with Crippen molar-refractivity contribution in [1.82, 2.24) is 9.78 Å². The molecule has 8 nitrogen and oxygen atoms in total. The second-order valence-electron chi connectivity index (χ2n) is 7.86. The van der Waals surface area contributed by atoms with Crippen molar-refractivity contribution >= 4 is 25.8 Å². The van der Waals surface area contributed by atoms with E-state index in [1.54, 1.807) is 30.3 Å². The van der Waals surface area contributed by atoms with Gasteiger partial charge in [-0.1, -0.05) is 34.1 Å². The van der Waals surface area contributed by atoms with E-state index in [1.807, 2.05) is 6.07 Å². The summed E-state index contributed by atoms with van der Waals surface area (Å²) in [6.45, 7) is 2.52. The Bertz CT molecular complexity index is 1280. The van der Waals surface area contributed by atoms with E-state index in [2.05, 4.69) is 21.0 Å². The van der Waals surface area contributed by atoms with Gasteiger partial charge in [0.2, 0.25) is 0 Å². The SMILES string of the molecule is CC(C)(O)C(O)COc1c(-c2ccc(S(C)(=O)=O)cc2)cnn(-c2cccc(Br)c2)c1=O. The lowest BCUT2D eigenvalue weighted by atomic mass is 10.0.